The van der Waals surface area contributed by atoms with Gasteiger partial charge < -0.3 is 14.6 Å². The molecule has 1 amide bonds. The fourth-order valence-electron chi connectivity index (χ4n) is 2.74. The van der Waals surface area contributed by atoms with Crippen LogP contribution in [-0.2, 0) is 24.8 Å². The Hall–Kier alpha value is -2.53. The molecule has 0 aliphatic rings. The molecular formula is C19H20ClN3O2. The molecular weight excluding hydrogens is 338 g/mol. The Bertz CT molecular complexity index is 905. The predicted octanol–water partition coefficient (Wildman–Crippen LogP) is 3.48. The average molecular weight is 358 g/mol. The van der Waals surface area contributed by atoms with Crippen molar-refractivity contribution in [3.05, 3.63) is 58.9 Å². The van der Waals surface area contributed by atoms with Gasteiger partial charge in [-0.3, -0.25) is 4.79 Å². The molecule has 3 aromatic rings. The number of carbonyl (C=O) groups excluding carboxylic acids is 1. The second kappa shape index (κ2) is 7.57. The predicted molar refractivity (Wildman–Crippen MR) is 98.9 cm³/mol. The van der Waals surface area contributed by atoms with Gasteiger partial charge in [0.2, 0.25) is 5.91 Å². The van der Waals surface area contributed by atoms with Crippen LogP contribution in [0, 0.1) is 0 Å². The van der Waals surface area contributed by atoms with Crippen molar-refractivity contribution in [3.8, 4) is 5.75 Å². The van der Waals surface area contributed by atoms with E-state index < -0.39 is 0 Å². The monoisotopic (exact) mass is 357 g/mol. The van der Waals surface area contributed by atoms with Crippen molar-refractivity contribution < 1.29 is 9.53 Å². The maximum absolute atomic E-state index is 12.1. The molecule has 2 aromatic carbocycles. The van der Waals surface area contributed by atoms with Gasteiger partial charge in [0.05, 0.1) is 29.7 Å². The highest BCUT2D eigenvalue weighted by Crippen LogP contribution is 2.25. The number of rotatable bonds is 6. The topological polar surface area (TPSA) is 56.1 Å². The van der Waals surface area contributed by atoms with E-state index in [1.165, 1.54) is 0 Å². The largest absolute Gasteiger partial charge is 0.495 e. The third-order valence-corrected chi connectivity index (χ3v) is 4.48. The number of methoxy groups -OCH3 is 1. The Morgan fingerprint density at radius 1 is 1.28 bits per heavy atom. The minimum atomic E-state index is -0.0148. The summed E-state index contributed by atoms with van der Waals surface area (Å²) >= 11 is 6.11. The van der Waals surface area contributed by atoms with E-state index in [4.69, 9.17) is 16.3 Å². The first kappa shape index (κ1) is 17.3. The minimum absolute atomic E-state index is 0.0148. The van der Waals surface area contributed by atoms with Crippen molar-refractivity contribution in [1.29, 1.82) is 0 Å². The summed E-state index contributed by atoms with van der Waals surface area (Å²) in [7, 11) is 3.53. The number of hydrogen-bond donors (Lipinski definition) is 1. The van der Waals surface area contributed by atoms with Gasteiger partial charge in [0.15, 0.2) is 0 Å². The Morgan fingerprint density at radius 3 is 2.80 bits per heavy atom. The molecule has 0 unspecified atom stereocenters. The summed E-state index contributed by atoms with van der Waals surface area (Å²) in [6, 6.07) is 13.5. The number of ether oxygens (including phenoxy) is 1. The lowest BCUT2D eigenvalue weighted by Gasteiger charge is -2.07. The number of halogens is 1. The smallest absolute Gasteiger partial charge is 0.220 e. The second-order valence-corrected chi connectivity index (χ2v) is 6.23. The Balaban J connectivity index is 1.55. The van der Waals surface area contributed by atoms with Crippen LogP contribution in [0.25, 0.3) is 11.0 Å². The van der Waals surface area contributed by atoms with Crippen LogP contribution >= 0.6 is 11.6 Å². The lowest BCUT2D eigenvalue weighted by atomic mass is 10.1. The van der Waals surface area contributed by atoms with E-state index in [9.17, 15) is 4.79 Å². The van der Waals surface area contributed by atoms with Gasteiger partial charge >= 0.3 is 0 Å². The maximum atomic E-state index is 12.1. The van der Waals surface area contributed by atoms with E-state index in [-0.39, 0.29) is 5.91 Å². The number of para-hydroxylation sites is 2. The molecule has 5 nitrogen and oxygen atoms in total. The molecule has 0 fully saturated rings. The fourth-order valence-corrected chi connectivity index (χ4v) is 3.02. The van der Waals surface area contributed by atoms with Gasteiger partial charge in [-0.2, -0.15) is 0 Å². The first-order valence-electron chi connectivity index (χ1n) is 8.08. The molecule has 130 valence electrons. The highest BCUT2D eigenvalue weighted by atomic mass is 35.5. The second-order valence-electron chi connectivity index (χ2n) is 5.82. The number of benzene rings is 2. The van der Waals surface area contributed by atoms with Crippen molar-refractivity contribution in [3.63, 3.8) is 0 Å². The summed E-state index contributed by atoms with van der Waals surface area (Å²) in [4.78, 5) is 16.7. The van der Waals surface area contributed by atoms with E-state index in [0.29, 0.717) is 30.2 Å². The van der Waals surface area contributed by atoms with Crippen LogP contribution in [0.1, 0.15) is 17.8 Å². The first-order valence-corrected chi connectivity index (χ1v) is 8.45. The number of hydrogen-bond acceptors (Lipinski definition) is 3. The third kappa shape index (κ3) is 3.94. The van der Waals surface area contributed by atoms with Crippen molar-refractivity contribution in [2.75, 3.05) is 7.11 Å². The SMILES string of the molecule is COc1ccc(CCC(=O)NCc2nc3ccccc3n2C)cc1Cl. The van der Waals surface area contributed by atoms with E-state index >= 15 is 0 Å². The van der Waals surface area contributed by atoms with Crippen molar-refractivity contribution in [1.82, 2.24) is 14.9 Å². The normalized spacial score (nSPS) is 10.8. The van der Waals surface area contributed by atoms with Gasteiger partial charge in [-0.15, -0.1) is 0 Å². The molecule has 0 saturated heterocycles. The summed E-state index contributed by atoms with van der Waals surface area (Å²) in [5.41, 5.74) is 2.99. The van der Waals surface area contributed by atoms with Gasteiger partial charge in [-0.1, -0.05) is 29.8 Å². The number of fused-ring (bicyclic) bond motifs is 1. The molecule has 25 heavy (non-hydrogen) atoms. The Morgan fingerprint density at radius 2 is 2.08 bits per heavy atom. The molecule has 0 atom stereocenters. The van der Waals surface area contributed by atoms with Crippen LogP contribution in [0.15, 0.2) is 42.5 Å². The molecule has 0 aliphatic carbocycles. The van der Waals surface area contributed by atoms with E-state index in [2.05, 4.69) is 10.3 Å². The summed E-state index contributed by atoms with van der Waals surface area (Å²) in [6.45, 7) is 0.410. The molecule has 0 spiro atoms. The van der Waals surface area contributed by atoms with Gasteiger partial charge in [0.1, 0.15) is 11.6 Å². The molecule has 1 aromatic heterocycles. The quantitative estimate of drug-likeness (QED) is 0.734. The molecule has 1 heterocycles. The summed E-state index contributed by atoms with van der Waals surface area (Å²) in [6.07, 6.45) is 1.02. The zero-order chi connectivity index (χ0) is 17.8. The number of carbonyl (C=O) groups is 1. The maximum Gasteiger partial charge on any atom is 0.220 e. The zero-order valence-corrected chi connectivity index (χ0v) is 15.0. The molecule has 0 bridgehead atoms. The van der Waals surface area contributed by atoms with Crippen molar-refractivity contribution in [2.45, 2.75) is 19.4 Å². The highest BCUT2D eigenvalue weighted by Gasteiger charge is 2.09. The summed E-state index contributed by atoms with van der Waals surface area (Å²) in [5, 5.41) is 3.48. The number of imidazole rings is 1. The number of nitrogens with one attached hydrogen (secondary N) is 1. The van der Waals surface area contributed by atoms with E-state index in [1.807, 2.05) is 54.1 Å². The fraction of sp³-hybridized carbons (Fsp3) is 0.263. The first-order chi connectivity index (χ1) is 12.1. The highest BCUT2D eigenvalue weighted by molar-refractivity contribution is 6.32. The van der Waals surface area contributed by atoms with Crippen molar-refractivity contribution >= 4 is 28.5 Å². The average Bonchev–Trinajstić information content (AvgIpc) is 2.94. The number of nitrogens with zero attached hydrogens (tertiary/aromatic N) is 2. The lowest BCUT2D eigenvalue weighted by molar-refractivity contribution is -0.121. The van der Waals surface area contributed by atoms with Gasteiger partial charge in [-0.25, -0.2) is 4.98 Å². The molecule has 0 radical (unpaired) electrons. The summed E-state index contributed by atoms with van der Waals surface area (Å²) in [5.74, 6) is 1.46. The van der Waals surface area contributed by atoms with Crippen LogP contribution in [0.5, 0.6) is 5.75 Å². The molecule has 6 heteroatoms. The number of aryl methyl sites for hydroxylation is 2. The number of aromatic nitrogens is 2. The Labute approximate surface area is 151 Å². The molecule has 1 N–H and O–H groups in total. The lowest BCUT2D eigenvalue weighted by Crippen LogP contribution is -2.24. The third-order valence-electron chi connectivity index (χ3n) is 4.18. The van der Waals surface area contributed by atoms with Crippen LogP contribution in [0.2, 0.25) is 5.02 Å². The van der Waals surface area contributed by atoms with Crippen molar-refractivity contribution in [2.24, 2.45) is 7.05 Å². The van der Waals surface area contributed by atoms with Crippen LogP contribution in [0.4, 0.5) is 0 Å². The molecule has 3 rings (SSSR count). The van der Waals surface area contributed by atoms with Crippen LogP contribution < -0.4 is 10.1 Å². The Kier molecular flexibility index (Phi) is 5.24. The molecule has 0 saturated carbocycles. The van der Waals surface area contributed by atoms with Crippen LogP contribution in [0.3, 0.4) is 0 Å². The standard InChI is InChI=1S/C19H20ClN3O2/c1-23-16-6-4-3-5-15(16)22-18(23)12-21-19(24)10-8-13-7-9-17(25-2)14(20)11-13/h3-7,9,11H,8,10,12H2,1-2H3,(H,21,24). The van der Waals surface area contributed by atoms with E-state index in [1.54, 1.807) is 7.11 Å². The number of amides is 1. The molecule has 0 aliphatic heterocycles. The van der Waals surface area contributed by atoms with Gasteiger partial charge in [0.25, 0.3) is 0 Å². The van der Waals surface area contributed by atoms with Gasteiger partial charge in [0, 0.05) is 13.5 Å². The van der Waals surface area contributed by atoms with Crippen LogP contribution in [-0.4, -0.2) is 22.6 Å². The van der Waals surface area contributed by atoms with E-state index in [0.717, 1.165) is 22.4 Å². The minimum Gasteiger partial charge on any atom is -0.495 e. The zero-order valence-electron chi connectivity index (χ0n) is 14.3. The van der Waals surface area contributed by atoms with Gasteiger partial charge in [-0.05, 0) is 36.2 Å². The summed E-state index contributed by atoms with van der Waals surface area (Å²) < 4.78 is 7.13.